The van der Waals surface area contributed by atoms with Crippen molar-refractivity contribution in [3.63, 3.8) is 0 Å². The first-order valence-electron chi connectivity index (χ1n) is 6.53. The third-order valence-electron chi connectivity index (χ3n) is 3.18. The number of hydrogen-bond acceptors (Lipinski definition) is 5. The Hall–Kier alpha value is -1.49. The molecular weight excluding hydrogens is 278 g/mol. The summed E-state index contributed by atoms with van der Waals surface area (Å²) in [5, 5.41) is 8.70. The summed E-state index contributed by atoms with van der Waals surface area (Å²) in [4.78, 5) is 3.99. The minimum atomic E-state index is -3.62. The van der Waals surface area contributed by atoms with Gasteiger partial charge in [-0.2, -0.15) is 9.57 Å². The van der Waals surface area contributed by atoms with E-state index in [2.05, 4.69) is 4.98 Å². The van der Waals surface area contributed by atoms with Gasteiger partial charge in [0, 0.05) is 38.5 Å². The Bertz CT molecular complexity index is 562. The highest BCUT2D eigenvalue weighted by atomic mass is 32.2. The van der Waals surface area contributed by atoms with Gasteiger partial charge in [0.1, 0.15) is 4.90 Å². The van der Waals surface area contributed by atoms with Gasteiger partial charge in [-0.15, -0.1) is 0 Å². The van der Waals surface area contributed by atoms with Crippen molar-refractivity contribution in [3.05, 3.63) is 24.5 Å². The predicted octanol–water partition coefficient (Wildman–Crippen LogP) is 1.16. The van der Waals surface area contributed by atoms with Crippen LogP contribution in [0.2, 0.25) is 0 Å². The second-order valence-corrected chi connectivity index (χ2v) is 6.53. The van der Waals surface area contributed by atoms with Gasteiger partial charge in [0.25, 0.3) is 0 Å². The molecule has 0 saturated carbocycles. The molecule has 0 amide bonds. The second kappa shape index (κ2) is 6.79. The summed E-state index contributed by atoms with van der Waals surface area (Å²) < 4.78 is 31.9. The average molecular weight is 295 g/mol. The molecule has 1 unspecified atom stereocenters. The van der Waals surface area contributed by atoms with Gasteiger partial charge in [-0.1, -0.05) is 0 Å². The van der Waals surface area contributed by atoms with Gasteiger partial charge >= 0.3 is 0 Å². The molecule has 1 aromatic rings. The van der Waals surface area contributed by atoms with E-state index in [-0.39, 0.29) is 24.0 Å². The summed E-state index contributed by atoms with van der Waals surface area (Å²) >= 11 is 0. The Morgan fingerprint density at radius 3 is 3.00 bits per heavy atom. The molecule has 6 nitrogen and oxygen atoms in total. The Balaban J connectivity index is 2.18. The SMILES string of the molecule is N#CCCN(CC1CCCO1)S(=O)(=O)c1cccnc1. The number of pyridine rings is 1. The molecule has 20 heavy (non-hydrogen) atoms. The van der Waals surface area contributed by atoms with Gasteiger partial charge in [0.15, 0.2) is 0 Å². The standard InChI is InChI=1S/C13H17N3O3S/c14-6-3-8-16(11-12-4-2-9-19-12)20(17,18)13-5-1-7-15-10-13/h1,5,7,10,12H,2-4,8-9,11H2. The molecule has 1 saturated heterocycles. The fourth-order valence-corrected chi connectivity index (χ4v) is 3.59. The first kappa shape index (κ1) is 14.9. The lowest BCUT2D eigenvalue weighted by atomic mass is 10.2. The van der Waals surface area contributed by atoms with E-state index in [4.69, 9.17) is 10.00 Å². The van der Waals surface area contributed by atoms with E-state index >= 15 is 0 Å². The first-order valence-corrected chi connectivity index (χ1v) is 7.97. The van der Waals surface area contributed by atoms with E-state index < -0.39 is 10.0 Å². The van der Waals surface area contributed by atoms with Crippen molar-refractivity contribution < 1.29 is 13.2 Å². The number of sulfonamides is 1. The number of aromatic nitrogens is 1. The third kappa shape index (κ3) is 3.54. The lowest BCUT2D eigenvalue weighted by molar-refractivity contribution is 0.0941. The monoisotopic (exact) mass is 295 g/mol. The van der Waals surface area contributed by atoms with Crippen LogP contribution in [0.15, 0.2) is 29.4 Å². The average Bonchev–Trinajstić information content (AvgIpc) is 2.97. The molecule has 0 radical (unpaired) electrons. The molecule has 108 valence electrons. The van der Waals surface area contributed by atoms with E-state index in [1.54, 1.807) is 6.07 Å². The quantitative estimate of drug-likeness (QED) is 0.786. The molecular formula is C13H17N3O3S. The van der Waals surface area contributed by atoms with E-state index in [0.29, 0.717) is 13.2 Å². The fourth-order valence-electron chi connectivity index (χ4n) is 2.15. The molecule has 0 spiro atoms. The summed E-state index contributed by atoms with van der Waals surface area (Å²) in [6, 6.07) is 5.08. The summed E-state index contributed by atoms with van der Waals surface area (Å²) in [6.07, 6.45) is 4.73. The van der Waals surface area contributed by atoms with Crippen molar-refractivity contribution in [1.29, 1.82) is 5.26 Å². The maximum Gasteiger partial charge on any atom is 0.244 e. The molecule has 0 aliphatic carbocycles. The molecule has 1 aliphatic rings. The smallest absolute Gasteiger partial charge is 0.244 e. The molecule has 1 aromatic heterocycles. The van der Waals surface area contributed by atoms with E-state index in [1.807, 2.05) is 6.07 Å². The topological polar surface area (TPSA) is 83.3 Å². The van der Waals surface area contributed by atoms with Gasteiger partial charge in [-0.3, -0.25) is 4.98 Å². The van der Waals surface area contributed by atoms with Gasteiger partial charge in [-0.25, -0.2) is 8.42 Å². The molecule has 0 N–H and O–H groups in total. The molecule has 7 heteroatoms. The molecule has 1 fully saturated rings. The van der Waals surface area contributed by atoms with Crippen LogP contribution >= 0.6 is 0 Å². The highest BCUT2D eigenvalue weighted by Crippen LogP contribution is 2.19. The number of nitriles is 1. The van der Waals surface area contributed by atoms with Gasteiger partial charge in [-0.05, 0) is 25.0 Å². The molecule has 1 atom stereocenters. The van der Waals surface area contributed by atoms with Crippen LogP contribution in [0.25, 0.3) is 0 Å². The van der Waals surface area contributed by atoms with E-state index in [0.717, 1.165) is 12.8 Å². The summed E-state index contributed by atoms with van der Waals surface area (Å²) in [5.74, 6) is 0. The second-order valence-electron chi connectivity index (χ2n) is 4.59. The summed E-state index contributed by atoms with van der Waals surface area (Å²) in [5.41, 5.74) is 0. The Morgan fingerprint density at radius 1 is 1.55 bits per heavy atom. The fraction of sp³-hybridized carbons (Fsp3) is 0.538. The Kier molecular flexibility index (Phi) is 5.06. The number of nitrogens with zero attached hydrogens (tertiary/aromatic N) is 3. The van der Waals surface area contributed by atoms with Crippen LogP contribution in [0.5, 0.6) is 0 Å². The third-order valence-corrected chi connectivity index (χ3v) is 5.03. The maximum absolute atomic E-state index is 12.5. The van der Waals surface area contributed by atoms with Crippen LogP contribution in [0.3, 0.4) is 0 Å². The highest BCUT2D eigenvalue weighted by molar-refractivity contribution is 7.89. The maximum atomic E-state index is 12.5. The lowest BCUT2D eigenvalue weighted by Crippen LogP contribution is -2.38. The molecule has 0 bridgehead atoms. The van der Waals surface area contributed by atoms with Crippen molar-refractivity contribution in [1.82, 2.24) is 9.29 Å². The number of hydrogen-bond donors (Lipinski definition) is 0. The van der Waals surface area contributed by atoms with Crippen LogP contribution in [0, 0.1) is 11.3 Å². The van der Waals surface area contributed by atoms with Gasteiger partial charge in [0.05, 0.1) is 12.2 Å². The molecule has 1 aliphatic heterocycles. The van der Waals surface area contributed by atoms with Crippen LogP contribution < -0.4 is 0 Å². The van der Waals surface area contributed by atoms with Crippen molar-refractivity contribution in [2.24, 2.45) is 0 Å². The predicted molar refractivity (Wildman–Crippen MR) is 72.2 cm³/mol. The normalized spacial score (nSPS) is 19.1. The largest absolute Gasteiger partial charge is 0.377 e. The summed E-state index contributed by atoms with van der Waals surface area (Å²) in [6.45, 7) is 1.14. The van der Waals surface area contributed by atoms with Crippen LogP contribution in [0.4, 0.5) is 0 Å². The zero-order valence-electron chi connectivity index (χ0n) is 11.1. The van der Waals surface area contributed by atoms with E-state index in [9.17, 15) is 8.42 Å². The van der Waals surface area contributed by atoms with Crippen LogP contribution in [-0.2, 0) is 14.8 Å². The highest BCUT2D eigenvalue weighted by Gasteiger charge is 2.28. The molecule has 2 rings (SSSR count). The van der Waals surface area contributed by atoms with Crippen molar-refractivity contribution in [2.75, 3.05) is 19.7 Å². The van der Waals surface area contributed by atoms with Gasteiger partial charge < -0.3 is 4.74 Å². The van der Waals surface area contributed by atoms with Crippen molar-refractivity contribution in [2.45, 2.75) is 30.3 Å². The first-order chi connectivity index (χ1) is 9.64. The minimum absolute atomic E-state index is 0.0832. The van der Waals surface area contributed by atoms with Crippen molar-refractivity contribution >= 4 is 10.0 Å². The minimum Gasteiger partial charge on any atom is -0.377 e. The van der Waals surface area contributed by atoms with E-state index in [1.165, 1.54) is 22.8 Å². The summed E-state index contributed by atoms with van der Waals surface area (Å²) in [7, 11) is -3.62. The Labute approximate surface area is 119 Å². The Morgan fingerprint density at radius 2 is 2.40 bits per heavy atom. The lowest BCUT2D eigenvalue weighted by Gasteiger charge is -2.23. The van der Waals surface area contributed by atoms with Crippen LogP contribution in [-0.4, -0.2) is 43.5 Å². The molecule has 0 aromatic carbocycles. The molecule has 2 heterocycles. The number of ether oxygens (including phenoxy) is 1. The van der Waals surface area contributed by atoms with Gasteiger partial charge in [0.2, 0.25) is 10.0 Å². The zero-order chi connectivity index (χ0) is 14.4. The van der Waals surface area contributed by atoms with Crippen LogP contribution in [0.1, 0.15) is 19.3 Å². The zero-order valence-corrected chi connectivity index (χ0v) is 11.9. The van der Waals surface area contributed by atoms with Crippen molar-refractivity contribution in [3.8, 4) is 6.07 Å². The number of rotatable bonds is 6.